The molecule has 1 aliphatic heterocycles. The predicted octanol–water partition coefficient (Wildman–Crippen LogP) is 5.95. The van der Waals surface area contributed by atoms with E-state index in [2.05, 4.69) is 0 Å². The zero-order chi connectivity index (χ0) is 21.2. The van der Waals surface area contributed by atoms with Gasteiger partial charge in [-0.3, -0.25) is 0 Å². The lowest BCUT2D eigenvalue weighted by atomic mass is 9.89. The Morgan fingerprint density at radius 3 is 2.45 bits per heavy atom. The second-order valence-electron chi connectivity index (χ2n) is 7.93. The first kappa shape index (κ1) is 20.5. The predicted molar refractivity (Wildman–Crippen MR) is 117 cm³/mol. The highest BCUT2D eigenvalue weighted by atomic mass is 16.5. The summed E-state index contributed by atoms with van der Waals surface area (Å²) in [5.41, 5.74) is 3.02. The van der Waals surface area contributed by atoms with Gasteiger partial charge in [0, 0.05) is 5.56 Å². The molecule has 0 amide bonds. The maximum Gasteiger partial charge on any atom is 0.340 e. The van der Waals surface area contributed by atoms with Crippen molar-refractivity contribution in [3.63, 3.8) is 0 Å². The summed E-state index contributed by atoms with van der Waals surface area (Å²) in [5.74, 6) is -0.909. The van der Waals surface area contributed by atoms with Gasteiger partial charge in [0.2, 0.25) is 0 Å². The molecule has 1 heterocycles. The molecule has 3 rings (SSSR count). The number of carboxylic acids is 1. The second kappa shape index (κ2) is 8.00. The van der Waals surface area contributed by atoms with Crippen LogP contribution >= 0.6 is 0 Å². The molecular formula is C25H26O4. The molecule has 0 unspecified atom stereocenters. The number of phenols is 1. The van der Waals surface area contributed by atoms with Gasteiger partial charge in [-0.15, -0.1) is 0 Å². The molecule has 0 saturated carbocycles. The summed E-state index contributed by atoms with van der Waals surface area (Å²) in [4.78, 5) is 12.1. The van der Waals surface area contributed by atoms with E-state index in [0.29, 0.717) is 23.3 Å². The monoisotopic (exact) mass is 390 g/mol. The normalized spacial score (nSPS) is 14.3. The number of rotatable bonds is 5. The highest BCUT2D eigenvalue weighted by Gasteiger charge is 2.31. The molecule has 0 atom stereocenters. The van der Waals surface area contributed by atoms with Crippen LogP contribution in [0.15, 0.2) is 48.1 Å². The molecule has 1 aliphatic rings. The average molecular weight is 390 g/mol. The van der Waals surface area contributed by atoms with Crippen molar-refractivity contribution < 1.29 is 19.7 Å². The Morgan fingerprint density at radius 1 is 1.14 bits per heavy atom. The van der Waals surface area contributed by atoms with Crippen molar-refractivity contribution in [2.75, 3.05) is 0 Å². The summed E-state index contributed by atoms with van der Waals surface area (Å²) >= 11 is 0. The Bertz CT molecular complexity index is 1020. The minimum atomic E-state index is -1.17. The van der Waals surface area contributed by atoms with Gasteiger partial charge in [-0.2, -0.15) is 0 Å². The molecule has 29 heavy (non-hydrogen) atoms. The lowest BCUT2D eigenvalue weighted by molar-refractivity contribution is 0.0693. The number of ether oxygens (including phenoxy) is 1. The van der Waals surface area contributed by atoms with Crippen LogP contribution < -0.4 is 4.74 Å². The fourth-order valence-electron chi connectivity index (χ4n) is 3.31. The quantitative estimate of drug-likeness (QED) is 0.489. The fourth-order valence-corrected chi connectivity index (χ4v) is 3.31. The molecule has 4 nitrogen and oxygen atoms in total. The Kier molecular flexibility index (Phi) is 5.64. The molecule has 0 aliphatic carbocycles. The third-order valence-electron chi connectivity index (χ3n) is 4.79. The first-order valence-corrected chi connectivity index (χ1v) is 9.59. The molecule has 0 bridgehead atoms. The summed E-state index contributed by atoms with van der Waals surface area (Å²) in [6.07, 6.45) is 9.71. The summed E-state index contributed by atoms with van der Waals surface area (Å²) < 4.78 is 6.19. The van der Waals surface area contributed by atoms with Crippen molar-refractivity contribution in [3.8, 4) is 11.5 Å². The van der Waals surface area contributed by atoms with Crippen LogP contribution in [0.25, 0.3) is 18.2 Å². The van der Waals surface area contributed by atoms with E-state index < -0.39 is 11.6 Å². The minimum Gasteiger partial charge on any atom is -0.506 e. The van der Waals surface area contributed by atoms with Gasteiger partial charge in [-0.05, 0) is 57.4 Å². The van der Waals surface area contributed by atoms with Gasteiger partial charge in [0.25, 0.3) is 0 Å². The number of fused-ring (bicyclic) bond motifs is 1. The SMILES string of the molecule is CC(C)=CCc1c(C=Cc2ccccc2)c(C(=O)O)c(O)c2c1OC(C)(C)C=C2. The zero-order valence-corrected chi connectivity index (χ0v) is 17.2. The Morgan fingerprint density at radius 2 is 1.83 bits per heavy atom. The summed E-state index contributed by atoms with van der Waals surface area (Å²) in [7, 11) is 0. The van der Waals surface area contributed by atoms with Crippen LogP contribution in [-0.2, 0) is 6.42 Å². The van der Waals surface area contributed by atoms with Crippen molar-refractivity contribution in [1.29, 1.82) is 0 Å². The minimum absolute atomic E-state index is 0.110. The van der Waals surface area contributed by atoms with Crippen molar-refractivity contribution in [2.24, 2.45) is 0 Å². The van der Waals surface area contributed by atoms with Crippen LogP contribution in [0.2, 0.25) is 0 Å². The summed E-state index contributed by atoms with van der Waals surface area (Å²) in [5, 5.41) is 20.7. The Balaban J connectivity index is 2.30. The van der Waals surface area contributed by atoms with E-state index in [-0.39, 0.29) is 11.3 Å². The summed E-state index contributed by atoms with van der Waals surface area (Å²) in [6.45, 7) is 7.85. The highest BCUT2D eigenvalue weighted by molar-refractivity contribution is 6.00. The van der Waals surface area contributed by atoms with Crippen LogP contribution in [0.5, 0.6) is 11.5 Å². The van der Waals surface area contributed by atoms with E-state index in [4.69, 9.17) is 4.74 Å². The van der Waals surface area contributed by atoms with Crippen molar-refractivity contribution in [2.45, 2.75) is 39.7 Å². The van der Waals surface area contributed by atoms with E-state index in [0.717, 1.165) is 16.7 Å². The molecule has 2 aromatic carbocycles. The highest BCUT2D eigenvalue weighted by Crippen LogP contribution is 2.45. The topological polar surface area (TPSA) is 66.8 Å². The smallest absolute Gasteiger partial charge is 0.340 e. The number of aromatic hydroxyl groups is 1. The van der Waals surface area contributed by atoms with E-state index in [1.54, 1.807) is 12.2 Å². The summed E-state index contributed by atoms with van der Waals surface area (Å²) in [6, 6.07) is 9.64. The lowest BCUT2D eigenvalue weighted by Crippen LogP contribution is -2.28. The number of hydrogen-bond donors (Lipinski definition) is 2. The van der Waals surface area contributed by atoms with Gasteiger partial charge >= 0.3 is 5.97 Å². The van der Waals surface area contributed by atoms with Gasteiger partial charge in [0.15, 0.2) is 0 Å². The molecule has 150 valence electrons. The molecule has 0 spiro atoms. The third-order valence-corrected chi connectivity index (χ3v) is 4.79. The second-order valence-corrected chi connectivity index (χ2v) is 7.93. The van der Waals surface area contributed by atoms with Crippen molar-refractivity contribution in [1.82, 2.24) is 0 Å². The van der Waals surface area contributed by atoms with Gasteiger partial charge < -0.3 is 14.9 Å². The maximum absolute atomic E-state index is 12.1. The standard InChI is InChI=1S/C25H26O4/c1-16(2)10-12-19-18(13-11-17-8-6-5-7-9-17)21(24(27)28)22(26)20-14-15-25(3,4)29-23(19)20/h5-11,13-15,26H,12H2,1-4H3,(H,27,28). The molecule has 2 N–H and O–H groups in total. The largest absolute Gasteiger partial charge is 0.506 e. The van der Waals surface area contributed by atoms with Crippen LogP contribution in [-0.4, -0.2) is 21.8 Å². The number of carbonyl (C=O) groups is 1. The van der Waals surface area contributed by atoms with Crippen LogP contribution in [0.1, 0.15) is 60.3 Å². The Hall–Kier alpha value is -3.27. The van der Waals surface area contributed by atoms with Crippen LogP contribution in [0.3, 0.4) is 0 Å². The van der Waals surface area contributed by atoms with E-state index in [1.807, 2.05) is 76.3 Å². The van der Waals surface area contributed by atoms with Gasteiger partial charge in [-0.1, -0.05) is 54.1 Å². The van der Waals surface area contributed by atoms with Crippen LogP contribution in [0, 0.1) is 0 Å². The van der Waals surface area contributed by atoms with Crippen molar-refractivity contribution in [3.05, 3.63) is 75.9 Å². The number of allylic oxidation sites excluding steroid dienone is 2. The van der Waals surface area contributed by atoms with E-state index in [9.17, 15) is 15.0 Å². The maximum atomic E-state index is 12.1. The first-order chi connectivity index (χ1) is 13.7. The molecule has 0 aromatic heterocycles. The first-order valence-electron chi connectivity index (χ1n) is 9.59. The number of aromatic carboxylic acids is 1. The van der Waals surface area contributed by atoms with Gasteiger partial charge in [0.1, 0.15) is 22.7 Å². The third kappa shape index (κ3) is 4.43. The fraction of sp³-hybridized carbons (Fsp3) is 0.240. The average Bonchev–Trinajstić information content (AvgIpc) is 2.65. The molecule has 0 saturated heterocycles. The van der Waals surface area contributed by atoms with Crippen LogP contribution in [0.4, 0.5) is 0 Å². The Labute approximate surface area is 171 Å². The number of hydrogen-bond acceptors (Lipinski definition) is 3. The number of benzene rings is 2. The number of carboxylic acid groups (broad SMARTS) is 1. The van der Waals surface area contributed by atoms with Gasteiger partial charge in [-0.25, -0.2) is 4.79 Å². The molecule has 0 radical (unpaired) electrons. The van der Waals surface area contributed by atoms with Crippen molar-refractivity contribution >= 4 is 24.2 Å². The molecular weight excluding hydrogens is 364 g/mol. The molecule has 0 fully saturated rings. The molecule has 2 aromatic rings. The van der Waals surface area contributed by atoms with Gasteiger partial charge in [0.05, 0.1) is 5.56 Å². The van der Waals surface area contributed by atoms with E-state index >= 15 is 0 Å². The molecule has 4 heteroatoms. The van der Waals surface area contributed by atoms with E-state index in [1.165, 1.54) is 0 Å². The lowest BCUT2D eigenvalue weighted by Gasteiger charge is -2.31. The zero-order valence-electron chi connectivity index (χ0n) is 17.2.